The predicted molar refractivity (Wildman–Crippen MR) is 184 cm³/mol. The van der Waals surface area contributed by atoms with Crippen molar-refractivity contribution in [3.05, 3.63) is 89.4 Å². The van der Waals surface area contributed by atoms with Gasteiger partial charge in [0.1, 0.15) is 23.6 Å². The molecule has 4 heterocycles. The molecule has 0 spiro atoms. The third-order valence-electron chi connectivity index (χ3n) is 8.59. The van der Waals surface area contributed by atoms with Crippen molar-refractivity contribution < 1.29 is 40.5 Å². The summed E-state index contributed by atoms with van der Waals surface area (Å²) in [7, 11) is -4.02. The maximum Gasteiger partial charge on any atom is 0.410 e. The fraction of sp³-hybridized carbons (Fsp3) is 0.429. The Morgan fingerprint density at radius 2 is 1.75 bits per heavy atom. The van der Waals surface area contributed by atoms with Crippen molar-refractivity contribution in [1.29, 1.82) is 0 Å². The molecule has 6 rings (SSSR count). The summed E-state index contributed by atoms with van der Waals surface area (Å²) in [5.74, 6) is 0.106. The molecule has 51 heavy (non-hydrogen) atoms. The highest BCUT2D eigenvalue weighted by atomic mass is 32.2. The SMILES string of the molecule is CC(C)OC(=O)N1CCC(O[C@H](C)c2nc(-c3ccc(N4C[C@H](c5cc(F)ccc5F)[C@@H](N)C4)nc3)no2)CC1.Cc1ccc(S(=O)(=O)O)cc1. The van der Waals surface area contributed by atoms with Crippen LogP contribution in [0, 0.1) is 18.6 Å². The molecule has 0 aliphatic carbocycles. The number of amides is 1. The smallest absolute Gasteiger partial charge is 0.410 e. The number of anilines is 1. The maximum atomic E-state index is 14.3. The molecule has 0 bridgehead atoms. The standard InChI is InChI=1S/C28H34F2N6O4.C7H8O3S/c1-16(2)38-28(37)35-10-8-20(9-11-35)39-17(3)27-33-26(34-40-27)18-4-7-25(32-13-18)36-14-22(24(31)15-36)21-12-19(29)5-6-23(21)30;1-6-2-4-7(5-3-6)11(8,9)10/h4-7,12-13,16-17,20,22,24H,8-11,14-15,31H2,1-3H3;2-5H,1H3,(H,8,9,10)/t17-,22-,24+;/m1./s1. The Bertz CT molecular complexity index is 1890. The van der Waals surface area contributed by atoms with Crippen molar-refractivity contribution in [2.45, 2.75) is 75.7 Å². The van der Waals surface area contributed by atoms with Gasteiger partial charge in [0.05, 0.1) is 17.1 Å². The summed E-state index contributed by atoms with van der Waals surface area (Å²) in [5, 5.41) is 4.09. The van der Waals surface area contributed by atoms with Gasteiger partial charge in [0, 0.05) is 49.9 Å². The number of likely N-dealkylation sites (tertiary alicyclic amines) is 1. The van der Waals surface area contributed by atoms with Gasteiger partial charge >= 0.3 is 6.09 Å². The average Bonchev–Trinajstić information content (AvgIpc) is 3.74. The molecule has 2 aromatic heterocycles. The summed E-state index contributed by atoms with van der Waals surface area (Å²) >= 11 is 0. The zero-order valence-corrected chi connectivity index (χ0v) is 29.6. The van der Waals surface area contributed by atoms with E-state index in [9.17, 15) is 22.0 Å². The average molecular weight is 729 g/mol. The molecule has 2 fully saturated rings. The highest BCUT2D eigenvalue weighted by Crippen LogP contribution is 2.32. The van der Waals surface area contributed by atoms with Crippen molar-refractivity contribution in [3.63, 3.8) is 0 Å². The minimum absolute atomic E-state index is 0.0362. The van der Waals surface area contributed by atoms with Crippen LogP contribution < -0.4 is 10.6 Å². The van der Waals surface area contributed by atoms with Gasteiger partial charge in [-0.3, -0.25) is 4.55 Å². The van der Waals surface area contributed by atoms with Gasteiger partial charge in [-0.25, -0.2) is 18.6 Å². The Balaban J connectivity index is 0.000000392. The van der Waals surface area contributed by atoms with E-state index in [0.29, 0.717) is 62.1 Å². The van der Waals surface area contributed by atoms with Gasteiger partial charge in [0.25, 0.3) is 16.0 Å². The van der Waals surface area contributed by atoms with Crippen LogP contribution in [0.15, 0.2) is 70.2 Å². The number of hydrogen-bond donors (Lipinski definition) is 2. The van der Waals surface area contributed by atoms with E-state index in [2.05, 4.69) is 15.1 Å². The Kier molecular flexibility index (Phi) is 12.0. The zero-order valence-electron chi connectivity index (χ0n) is 28.8. The second-order valence-corrected chi connectivity index (χ2v) is 14.3. The summed E-state index contributed by atoms with van der Waals surface area (Å²) < 4.78 is 74.5. The van der Waals surface area contributed by atoms with Crippen LogP contribution in [0.25, 0.3) is 11.4 Å². The molecule has 3 N–H and O–H groups in total. The fourth-order valence-corrected chi connectivity index (χ4v) is 6.35. The van der Waals surface area contributed by atoms with E-state index in [4.69, 9.17) is 24.3 Å². The molecule has 4 aromatic rings. The number of aryl methyl sites for hydroxylation is 1. The number of pyridine rings is 1. The Hall–Kier alpha value is -4.51. The summed E-state index contributed by atoms with van der Waals surface area (Å²) in [6.07, 6.45) is 2.12. The number of aromatic nitrogens is 3. The van der Waals surface area contributed by atoms with Gasteiger partial charge in [0.2, 0.25) is 5.82 Å². The van der Waals surface area contributed by atoms with Gasteiger partial charge < -0.3 is 29.5 Å². The molecular formula is C35H42F2N6O7S. The number of hydrogen-bond acceptors (Lipinski definition) is 11. The minimum Gasteiger partial charge on any atom is -0.447 e. The van der Waals surface area contributed by atoms with E-state index in [0.717, 1.165) is 17.7 Å². The normalized spacial score (nSPS) is 18.8. The lowest BCUT2D eigenvalue weighted by Gasteiger charge is -2.32. The molecule has 2 aliphatic rings. The van der Waals surface area contributed by atoms with Gasteiger partial charge in [-0.1, -0.05) is 22.9 Å². The Morgan fingerprint density at radius 1 is 1.04 bits per heavy atom. The van der Waals surface area contributed by atoms with Crippen LogP contribution >= 0.6 is 0 Å². The van der Waals surface area contributed by atoms with Crippen molar-refractivity contribution in [2.75, 3.05) is 31.1 Å². The van der Waals surface area contributed by atoms with Crippen LogP contribution in [0.5, 0.6) is 0 Å². The third kappa shape index (κ3) is 9.84. The molecule has 0 radical (unpaired) electrons. The number of piperidine rings is 1. The maximum absolute atomic E-state index is 14.3. The fourth-order valence-electron chi connectivity index (χ4n) is 5.87. The number of halogens is 2. The first-order valence-electron chi connectivity index (χ1n) is 16.6. The van der Waals surface area contributed by atoms with Gasteiger partial charge in [-0.05, 0) is 88.6 Å². The minimum atomic E-state index is -4.02. The zero-order chi connectivity index (χ0) is 36.9. The van der Waals surface area contributed by atoms with E-state index < -0.39 is 27.9 Å². The molecule has 2 aromatic carbocycles. The van der Waals surface area contributed by atoms with Crippen LogP contribution in [0.4, 0.5) is 19.4 Å². The first-order valence-corrected chi connectivity index (χ1v) is 18.0. The molecule has 274 valence electrons. The summed E-state index contributed by atoms with van der Waals surface area (Å²) in [6, 6.07) is 12.7. The van der Waals surface area contributed by atoms with E-state index in [1.165, 1.54) is 18.2 Å². The van der Waals surface area contributed by atoms with Crippen LogP contribution in [-0.2, 0) is 19.6 Å². The number of ether oxygens (including phenoxy) is 2. The van der Waals surface area contributed by atoms with Crippen molar-refractivity contribution in [2.24, 2.45) is 5.73 Å². The molecule has 1 amide bonds. The highest BCUT2D eigenvalue weighted by Gasteiger charge is 2.34. The monoisotopic (exact) mass is 728 g/mol. The van der Waals surface area contributed by atoms with E-state index >= 15 is 0 Å². The molecular weight excluding hydrogens is 686 g/mol. The lowest BCUT2D eigenvalue weighted by atomic mass is 9.94. The first kappa shape index (κ1) is 37.7. The number of nitrogens with zero attached hydrogens (tertiary/aromatic N) is 5. The molecule has 3 atom stereocenters. The number of carbonyl (C=O) groups is 1. The predicted octanol–water partition coefficient (Wildman–Crippen LogP) is 5.67. The second-order valence-electron chi connectivity index (χ2n) is 12.9. The van der Waals surface area contributed by atoms with Gasteiger partial charge in [0.15, 0.2) is 0 Å². The third-order valence-corrected chi connectivity index (χ3v) is 9.46. The molecule has 0 unspecified atom stereocenters. The van der Waals surface area contributed by atoms with E-state index in [1.807, 2.05) is 44.7 Å². The van der Waals surface area contributed by atoms with Crippen molar-refractivity contribution in [3.8, 4) is 11.4 Å². The molecule has 2 saturated heterocycles. The van der Waals surface area contributed by atoms with E-state index in [1.54, 1.807) is 23.2 Å². The highest BCUT2D eigenvalue weighted by molar-refractivity contribution is 7.85. The van der Waals surface area contributed by atoms with E-state index in [-0.39, 0.29) is 40.7 Å². The number of carbonyl (C=O) groups excluding carboxylic acids is 1. The van der Waals surface area contributed by atoms with Gasteiger partial charge in [-0.2, -0.15) is 13.4 Å². The first-order chi connectivity index (χ1) is 24.2. The summed E-state index contributed by atoms with van der Waals surface area (Å²) in [4.78, 5) is 24.7. The van der Waals surface area contributed by atoms with Crippen LogP contribution in [-0.4, -0.2) is 83.5 Å². The van der Waals surface area contributed by atoms with Crippen molar-refractivity contribution in [1.82, 2.24) is 20.0 Å². The van der Waals surface area contributed by atoms with Crippen molar-refractivity contribution >= 4 is 22.0 Å². The lowest BCUT2D eigenvalue weighted by Crippen LogP contribution is -2.42. The van der Waals surface area contributed by atoms with Gasteiger partial charge in [-0.15, -0.1) is 0 Å². The lowest BCUT2D eigenvalue weighted by molar-refractivity contribution is -0.0475. The summed E-state index contributed by atoms with van der Waals surface area (Å²) in [5.41, 5.74) is 8.19. The number of rotatable bonds is 8. The molecule has 0 saturated carbocycles. The Labute approximate surface area is 295 Å². The topological polar surface area (TPSA) is 174 Å². The molecule has 2 aliphatic heterocycles. The number of benzene rings is 2. The summed E-state index contributed by atoms with van der Waals surface area (Å²) in [6.45, 7) is 9.37. The van der Waals surface area contributed by atoms with Crippen LogP contribution in [0.1, 0.15) is 62.7 Å². The molecule has 16 heteroatoms. The second kappa shape index (κ2) is 16.2. The quantitative estimate of drug-likeness (QED) is 0.213. The largest absolute Gasteiger partial charge is 0.447 e. The van der Waals surface area contributed by atoms with Crippen LogP contribution in [0.2, 0.25) is 0 Å². The Morgan fingerprint density at radius 3 is 2.37 bits per heavy atom. The molecule has 13 nitrogen and oxygen atoms in total. The van der Waals surface area contributed by atoms with Crippen LogP contribution in [0.3, 0.4) is 0 Å². The number of nitrogens with two attached hydrogens (primary N) is 1.